The van der Waals surface area contributed by atoms with Gasteiger partial charge in [-0.3, -0.25) is 10.1 Å². The lowest BCUT2D eigenvalue weighted by Gasteiger charge is -2.06. The lowest BCUT2D eigenvalue weighted by molar-refractivity contribution is -0.120. The van der Waals surface area contributed by atoms with Crippen LogP contribution in [0.25, 0.3) is 5.69 Å². The monoisotopic (exact) mass is 345 g/mol. The maximum Gasteiger partial charge on any atom is 0.320 e. The van der Waals surface area contributed by atoms with E-state index >= 15 is 0 Å². The van der Waals surface area contributed by atoms with Gasteiger partial charge in [0.1, 0.15) is 5.82 Å². The number of hydrogen-bond acceptors (Lipinski definition) is 3. The summed E-state index contributed by atoms with van der Waals surface area (Å²) in [5.74, 6) is 0.325. The number of anilines is 1. The summed E-state index contributed by atoms with van der Waals surface area (Å²) in [6, 6.07) is 7.16. The Balaban J connectivity index is 1.53. The molecule has 0 aliphatic heterocycles. The number of nitrogens with zero attached hydrogens (tertiary/aromatic N) is 2. The Labute approximate surface area is 144 Å². The van der Waals surface area contributed by atoms with E-state index in [0.717, 1.165) is 18.5 Å². The topological polar surface area (TPSA) is 88.1 Å². The van der Waals surface area contributed by atoms with E-state index in [4.69, 9.17) is 0 Å². The lowest BCUT2D eigenvalue weighted by Crippen LogP contribution is -2.39. The number of urea groups is 1. The molecule has 0 spiro atoms. The molecule has 3 rings (SSSR count). The third-order valence-electron chi connectivity index (χ3n) is 3.88. The predicted molar refractivity (Wildman–Crippen MR) is 91.0 cm³/mol. The van der Waals surface area contributed by atoms with Crippen molar-refractivity contribution in [3.05, 3.63) is 41.8 Å². The second-order valence-corrected chi connectivity index (χ2v) is 6.12. The summed E-state index contributed by atoms with van der Waals surface area (Å²) < 4.78 is 14.9. The molecule has 3 amide bonds. The fraction of sp³-hybridized carbons (Fsp3) is 0.353. The average Bonchev–Trinajstić information content (AvgIpc) is 3.33. The summed E-state index contributed by atoms with van der Waals surface area (Å²) in [6.45, 7) is 2.37. The van der Waals surface area contributed by atoms with E-state index < -0.39 is 6.03 Å². The van der Waals surface area contributed by atoms with Gasteiger partial charge >= 0.3 is 6.03 Å². The van der Waals surface area contributed by atoms with Gasteiger partial charge in [-0.25, -0.2) is 13.9 Å². The van der Waals surface area contributed by atoms with Gasteiger partial charge in [0.15, 0.2) is 5.82 Å². The zero-order chi connectivity index (χ0) is 17.8. The molecule has 1 heterocycles. The molecule has 0 atom stereocenters. The molecule has 1 aliphatic rings. The van der Waals surface area contributed by atoms with Gasteiger partial charge in [0.05, 0.1) is 12.2 Å². The summed E-state index contributed by atoms with van der Waals surface area (Å²) >= 11 is 0. The van der Waals surface area contributed by atoms with Crippen molar-refractivity contribution in [1.82, 2.24) is 20.4 Å². The van der Waals surface area contributed by atoms with Crippen LogP contribution in [0.2, 0.25) is 0 Å². The standard InChI is InChI=1S/C17H20FN5O2/c1-11-7-15(22-23(11)14-4-2-3-13(18)8-14)21-17(25)20-10-16(24)19-9-12-5-6-12/h2-4,7-8,12H,5-6,9-10H2,1H3,(H,19,24)(H2,20,21,22,25). The van der Waals surface area contributed by atoms with Gasteiger partial charge in [0, 0.05) is 18.3 Å². The number of carbonyl (C=O) groups is 2. The van der Waals surface area contributed by atoms with Crippen LogP contribution in [0, 0.1) is 18.7 Å². The number of carbonyl (C=O) groups excluding carboxylic acids is 2. The summed E-state index contributed by atoms with van der Waals surface area (Å²) in [6.07, 6.45) is 2.31. The van der Waals surface area contributed by atoms with Crippen LogP contribution in [0.4, 0.5) is 15.0 Å². The van der Waals surface area contributed by atoms with E-state index in [9.17, 15) is 14.0 Å². The first-order valence-corrected chi connectivity index (χ1v) is 8.15. The molecule has 1 aliphatic carbocycles. The Morgan fingerprint density at radius 2 is 2.08 bits per heavy atom. The van der Waals surface area contributed by atoms with Gasteiger partial charge in [0.25, 0.3) is 0 Å². The molecule has 1 fully saturated rings. The van der Waals surface area contributed by atoms with Crippen molar-refractivity contribution in [3.8, 4) is 5.69 Å². The minimum absolute atomic E-state index is 0.0951. The molecule has 2 aromatic rings. The quantitative estimate of drug-likeness (QED) is 0.748. The van der Waals surface area contributed by atoms with Crippen LogP contribution in [0.3, 0.4) is 0 Å². The maximum absolute atomic E-state index is 13.3. The van der Waals surface area contributed by atoms with Crippen LogP contribution in [-0.4, -0.2) is 34.8 Å². The fourth-order valence-corrected chi connectivity index (χ4v) is 2.37. The number of amides is 3. The Bertz CT molecular complexity index is 785. The van der Waals surface area contributed by atoms with Crippen molar-refractivity contribution in [1.29, 1.82) is 0 Å². The van der Waals surface area contributed by atoms with Crippen molar-refractivity contribution in [2.24, 2.45) is 5.92 Å². The van der Waals surface area contributed by atoms with Gasteiger partial charge in [-0.05, 0) is 43.9 Å². The molecule has 8 heteroatoms. The predicted octanol–water partition coefficient (Wildman–Crippen LogP) is 1.97. The highest BCUT2D eigenvalue weighted by atomic mass is 19.1. The Morgan fingerprint density at radius 3 is 2.80 bits per heavy atom. The minimum atomic E-state index is -0.523. The normalized spacial score (nSPS) is 13.4. The molecule has 0 unspecified atom stereocenters. The number of aryl methyl sites for hydroxylation is 1. The molecular formula is C17H20FN5O2. The number of halogens is 1. The van der Waals surface area contributed by atoms with Crippen molar-refractivity contribution < 1.29 is 14.0 Å². The van der Waals surface area contributed by atoms with Crippen LogP contribution in [0.5, 0.6) is 0 Å². The molecule has 1 aromatic carbocycles. The number of benzene rings is 1. The number of hydrogen-bond donors (Lipinski definition) is 3. The molecule has 1 saturated carbocycles. The van der Waals surface area contributed by atoms with Crippen molar-refractivity contribution in [3.63, 3.8) is 0 Å². The number of nitrogens with one attached hydrogen (secondary N) is 3. The molecule has 0 bridgehead atoms. The zero-order valence-electron chi connectivity index (χ0n) is 13.9. The van der Waals surface area contributed by atoms with Crippen LogP contribution in [0.15, 0.2) is 30.3 Å². The van der Waals surface area contributed by atoms with Gasteiger partial charge in [-0.2, -0.15) is 0 Å². The largest absolute Gasteiger partial charge is 0.354 e. The summed E-state index contributed by atoms with van der Waals surface area (Å²) in [4.78, 5) is 23.5. The first-order valence-electron chi connectivity index (χ1n) is 8.15. The van der Waals surface area contributed by atoms with Gasteiger partial charge in [-0.1, -0.05) is 6.07 Å². The van der Waals surface area contributed by atoms with E-state index in [1.54, 1.807) is 25.1 Å². The van der Waals surface area contributed by atoms with Gasteiger partial charge in [-0.15, -0.1) is 5.10 Å². The van der Waals surface area contributed by atoms with Crippen LogP contribution >= 0.6 is 0 Å². The molecule has 0 radical (unpaired) electrons. The smallest absolute Gasteiger partial charge is 0.320 e. The van der Waals surface area contributed by atoms with Crippen LogP contribution in [-0.2, 0) is 4.79 Å². The Hall–Kier alpha value is -2.90. The van der Waals surface area contributed by atoms with E-state index in [-0.39, 0.29) is 18.3 Å². The highest BCUT2D eigenvalue weighted by molar-refractivity contribution is 5.91. The van der Waals surface area contributed by atoms with Gasteiger partial charge in [0.2, 0.25) is 5.91 Å². The molecule has 7 nitrogen and oxygen atoms in total. The van der Waals surface area contributed by atoms with Crippen LogP contribution in [0.1, 0.15) is 18.5 Å². The molecule has 25 heavy (non-hydrogen) atoms. The van der Waals surface area contributed by atoms with Gasteiger partial charge < -0.3 is 10.6 Å². The zero-order valence-corrected chi connectivity index (χ0v) is 13.9. The van der Waals surface area contributed by atoms with Crippen molar-refractivity contribution in [2.45, 2.75) is 19.8 Å². The third kappa shape index (κ3) is 4.79. The molecule has 0 saturated heterocycles. The SMILES string of the molecule is Cc1cc(NC(=O)NCC(=O)NCC2CC2)nn1-c1cccc(F)c1. The number of rotatable bonds is 6. The first kappa shape index (κ1) is 16.9. The minimum Gasteiger partial charge on any atom is -0.354 e. The summed E-state index contributed by atoms with van der Waals surface area (Å²) in [5.41, 5.74) is 1.30. The average molecular weight is 345 g/mol. The van der Waals surface area contributed by atoms with Crippen molar-refractivity contribution in [2.75, 3.05) is 18.4 Å². The third-order valence-corrected chi connectivity index (χ3v) is 3.88. The highest BCUT2D eigenvalue weighted by Crippen LogP contribution is 2.27. The van der Waals surface area contributed by atoms with E-state index in [2.05, 4.69) is 21.0 Å². The summed E-state index contributed by atoms with van der Waals surface area (Å²) in [5, 5.41) is 12.0. The maximum atomic E-state index is 13.3. The van der Waals surface area contributed by atoms with Crippen LogP contribution < -0.4 is 16.0 Å². The van der Waals surface area contributed by atoms with E-state index in [0.29, 0.717) is 24.0 Å². The van der Waals surface area contributed by atoms with E-state index in [1.165, 1.54) is 16.8 Å². The molecular weight excluding hydrogens is 325 g/mol. The summed E-state index contributed by atoms with van der Waals surface area (Å²) in [7, 11) is 0. The Morgan fingerprint density at radius 1 is 1.28 bits per heavy atom. The second-order valence-electron chi connectivity index (χ2n) is 6.12. The fourth-order valence-electron chi connectivity index (χ4n) is 2.37. The Kier molecular flexibility index (Phi) is 4.97. The molecule has 132 valence electrons. The first-order chi connectivity index (χ1) is 12.0. The van der Waals surface area contributed by atoms with E-state index in [1.807, 2.05) is 0 Å². The highest BCUT2D eigenvalue weighted by Gasteiger charge is 2.21. The van der Waals surface area contributed by atoms with Crippen molar-refractivity contribution >= 4 is 17.8 Å². The molecule has 3 N–H and O–H groups in total. The second kappa shape index (κ2) is 7.33. The molecule has 1 aromatic heterocycles. The number of aromatic nitrogens is 2. The lowest BCUT2D eigenvalue weighted by atomic mass is 10.3.